The first kappa shape index (κ1) is 13.5. The highest BCUT2D eigenvalue weighted by molar-refractivity contribution is 9.10. The number of rotatable bonds is 4. The van der Waals surface area contributed by atoms with Crippen LogP contribution >= 0.6 is 15.9 Å². The molecule has 1 atom stereocenters. The summed E-state index contributed by atoms with van der Waals surface area (Å²) in [4.78, 5) is 13.1. The van der Waals surface area contributed by atoms with Crippen LogP contribution in [0, 0.1) is 18.8 Å². The van der Waals surface area contributed by atoms with Crippen LogP contribution in [0.2, 0.25) is 0 Å². The van der Waals surface area contributed by atoms with Gasteiger partial charge in [0.05, 0.1) is 21.8 Å². The zero-order valence-electron chi connectivity index (χ0n) is 10.9. The van der Waals surface area contributed by atoms with Crippen molar-refractivity contribution in [2.24, 2.45) is 18.9 Å². The van der Waals surface area contributed by atoms with Crippen LogP contribution in [0.5, 0.6) is 0 Å². The fourth-order valence-corrected chi connectivity index (χ4v) is 2.78. The van der Waals surface area contributed by atoms with Crippen LogP contribution in [0.1, 0.15) is 18.3 Å². The highest BCUT2D eigenvalue weighted by Gasteiger charge is 2.35. The fraction of sp³-hybridized carbons (Fsp3) is 0.667. The molecule has 6 heteroatoms. The Morgan fingerprint density at radius 3 is 2.67 bits per heavy atom. The van der Waals surface area contributed by atoms with Gasteiger partial charge in [0.25, 0.3) is 0 Å². The van der Waals surface area contributed by atoms with Crippen molar-refractivity contribution in [2.75, 3.05) is 13.1 Å². The minimum absolute atomic E-state index is 0.252. The lowest BCUT2D eigenvalue weighted by molar-refractivity contribution is -0.145. The van der Waals surface area contributed by atoms with E-state index in [0.717, 1.165) is 35.5 Å². The molecule has 2 rings (SSSR count). The van der Waals surface area contributed by atoms with Crippen LogP contribution in [0.4, 0.5) is 0 Å². The summed E-state index contributed by atoms with van der Waals surface area (Å²) in [5.74, 6) is -0.675. The largest absolute Gasteiger partial charge is 0.481 e. The van der Waals surface area contributed by atoms with E-state index in [9.17, 15) is 4.79 Å². The van der Waals surface area contributed by atoms with E-state index in [0.29, 0.717) is 0 Å². The second-order valence-corrected chi connectivity index (χ2v) is 5.84. The Kier molecular flexibility index (Phi) is 3.77. The van der Waals surface area contributed by atoms with E-state index in [-0.39, 0.29) is 11.8 Å². The molecule has 0 aliphatic carbocycles. The SMILES string of the molecule is Cc1nn(C)c(CN2CC(C(C)C(=O)O)C2)c1Br. The van der Waals surface area contributed by atoms with Crippen LogP contribution in [0.25, 0.3) is 0 Å². The van der Waals surface area contributed by atoms with Crippen LogP contribution in [-0.4, -0.2) is 38.8 Å². The summed E-state index contributed by atoms with van der Waals surface area (Å²) in [7, 11) is 1.93. The number of aryl methyl sites for hydroxylation is 2. The molecule has 18 heavy (non-hydrogen) atoms. The van der Waals surface area contributed by atoms with Gasteiger partial charge in [0.15, 0.2) is 0 Å². The number of carbonyl (C=O) groups is 1. The normalized spacial score (nSPS) is 18.7. The van der Waals surface area contributed by atoms with E-state index < -0.39 is 5.97 Å². The Morgan fingerprint density at radius 2 is 2.22 bits per heavy atom. The smallest absolute Gasteiger partial charge is 0.306 e. The van der Waals surface area contributed by atoms with Gasteiger partial charge in [-0.1, -0.05) is 6.92 Å². The molecule has 1 aliphatic heterocycles. The van der Waals surface area contributed by atoms with Gasteiger partial charge in [0, 0.05) is 26.7 Å². The molecule has 100 valence electrons. The van der Waals surface area contributed by atoms with E-state index in [4.69, 9.17) is 5.11 Å². The van der Waals surface area contributed by atoms with Crippen molar-refractivity contribution in [3.63, 3.8) is 0 Å². The number of hydrogen-bond acceptors (Lipinski definition) is 3. The molecule has 0 amide bonds. The van der Waals surface area contributed by atoms with Gasteiger partial charge in [-0.05, 0) is 28.8 Å². The van der Waals surface area contributed by atoms with Gasteiger partial charge >= 0.3 is 5.97 Å². The quantitative estimate of drug-likeness (QED) is 0.917. The van der Waals surface area contributed by atoms with Crippen molar-refractivity contribution in [2.45, 2.75) is 20.4 Å². The zero-order valence-corrected chi connectivity index (χ0v) is 12.4. The molecule has 1 aromatic rings. The number of carboxylic acid groups (broad SMARTS) is 1. The number of aliphatic carboxylic acids is 1. The van der Waals surface area contributed by atoms with Gasteiger partial charge in [0.2, 0.25) is 0 Å². The van der Waals surface area contributed by atoms with Gasteiger partial charge in [0.1, 0.15) is 0 Å². The average Bonchev–Trinajstić information content (AvgIpc) is 2.47. The van der Waals surface area contributed by atoms with Crippen molar-refractivity contribution in [1.29, 1.82) is 0 Å². The number of nitrogens with zero attached hydrogens (tertiary/aromatic N) is 3. The van der Waals surface area contributed by atoms with Crippen LogP contribution < -0.4 is 0 Å². The number of hydrogen-bond donors (Lipinski definition) is 1. The first-order valence-electron chi connectivity index (χ1n) is 6.03. The molecule has 0 radical (unpaired) electrons. The topological polar surface area (TPSA) is 58.4 Å². The molecule has 1 aliphatic rings. The third-order valence-corrected chi connectivity index (χ3v) is 4.75. The Hall–Kier alpha value is -0.880. The molecule has 1 aromatic heterocycles. The molecular weight excluding hydrogens is 298 g/mol. The van der Waals surface area contributed by atoms with Gasteiger partial charge in [-0.2, -0.15) is 5.10 Å². The minimum atomic E-state index is -0.697. The lowest BCUT2D eigenvalue weighted by Crippen LogP contribution is -2.50. The lowest BCUT2D eigenvalue weighted by Gasteiger charge is -2.41. The maximum absolute atomic E-state index is 10.9. The summed E-state index contributed by atoms with van der Waals surface area (Å²) in [6.45, 7) is 6.28. The van der Waals surface area contributed by atoms with E-state index in [1.807, 2.05) is 18.7 Å². The number of likely N-dealkylation sites (tertiary alicyclic amines) is 1. The Bertz CT molecular complexity index is 466. The maximum atomic E-state index is 10.9. The van der Waals surface area contributed by atoms with E-state index in [2.05, 4.69) is 25.9 Å². The zero-order chi connectivity index (χ0) is 13.4. The van der Waals surface area contributed by atoms with Crippen molar-refractivity contribution < 1.29 is 9.90 Å². The van der Waals surface area contributed by atoms with E-state index >= 15 is 0 Å². The lowest BCUT2D eigenvalue weighted by atomic mass is 9.87. The minimum Gasteiger partial charge on any atom is -0.481 e. The first-order chi connectivity index (χ1) is 8.40. The highest BCUT2D eigenvalue weighted by atomic mass is 79.9. The van der Waals surface area contributed by atoms with Gasteiger partial charge in [-0.15, -0.1) is 0 Å². The predicted molar refractivity (Wildman–Crippen MR) is 71.2 cm³/mol. The summed E-state index contributed by atoms with van der Waals surface area (Å²) in [6.07, 6.45) is 0. The Labute approximate surface area is 115 Å². The molecule has 1 unspecified atom stereocenters. The van der Waals surface area contributed by atoms with Crippen LogP contribution in [0.15, 0.2) is 4.47 Å². The number of carboxylic acids is 1. The average molecular weight is 316 g/mol. The van der Waals surface area contributed by atoms with Crippen LogP contribution in [0.3, 0.4) is 0 Å². The Morgan fingerprint density at radius 1 is 1.61 bits per heavy atom. The first-order valence-corrected chi connectivity index (χ1v) is 6.82. The third-order valence-electron chi connectivity index (χ3n) is 3.72. The maximum Gasteiger partial charge on any atom is 0.306 e. The van der Waals surface area contributed by atoms with Gasteiger partial charge < -0.3 is 5.11 Å². The molecular formula is C12H18BrN3O2. The van der Waals surface area contributed by atoms with Gasteiger partial charge in [-0.3, -0.25) is 14.4 Å². The Balaban J connectivity index is 1.92. The molecule has 1 N–H and O–H groups in total. The summed E-state index contributed by atoms with van der Waals surface area (Å²) in [5, 5.41) is 13.3. The van der Waals surface area contributed by atoms with Crippen molar-refractivity contribution >= 4 is 21.9 Å². The molecule has 0 spiro atoms. The molecule has 0 aromatic carbocycles. The van der Waals surface area contributed by atoms with Crippen molar-refractivity contribution in [3.05, 3.63) is 15.9 Å². The number of aromatic nitrogens is 2. The molecule has 1 fully saturated rings. The summed E-state index contributed by atoms with van der Waals surface area (Å²) in [6, 6.07) is 0. The number of halogens is 1. The predicted octanol–water partition coefficient (Wildman–Crippen LogP) is 1.64. The van der Waals surface area contributed by atoms with Crippen molar-refractivity contribution in [1.82, 2.24) is 14.7 Å². The summed E-state index contributed by atoms with van der Waals surface area (Å²) >= 11 is 3.55. The fourth-order valence-electron chi connectivity index (χ4n) is 2.32. The summed E-state index contributed by atoms with van der Waals surface area (Å²) in [5.41, 5.74) is 2.14. The molecule has 5 nitrogen and oxygen atoms in total. The van der Waals surface area contributed by atoms with Crippen molar-refractivity contribution in [3.8, 4) is 0 Å². The molecule has 1 saturated heterocycles. The standard InChI is InChI=1S/C12H18BrN3O2/c1-7(12(17)18)9-4-16(5-9)6-10-11(13)8(2)14-15(10)3/h7,9H,4-6H2,1-3H3,(H,17,18). The third kappa shape index (κ3) is 2.44. The second-order valence-electron chi connectivity index (χ2n) is 5.05. The second kappa shape index (κ2) is 5.01. The summed E-state index contributed by atoms with van der Waals surface area (Å²) < 4.78 is 2.94. The molecule has 0 saturated carbocycles. The molecule has 0 bridgehead atoms. The van der Waals surface area contributed by atoms with E-state index in [1.165, 1.54) is 0 Å². The van der Waals surface area contributed by atoms with E-state index in [1.54, 1.807) is 6.92 Å². The highest BCUT2D eigenvalue weighted by Crippen LogP contribution is 2.28. The monoisotopic (exact) mass is 315 g/mol. The molecule has 2 heterocycles. The van der Waals surface area contributed by atoms with Crippen LogP contribution in [-0.2, 0) is 18.4 Å². The van der Waals surface area contributed by atoms with Gasteiger partial charge in [-0.25, -0.2) is 0 Å².